The summed E-state index contributed by atoms with van der Waals surface area (Å²) in [5.41, 5.74) is 4.01. The van der Waals surface area contributed by atoms with Gasteiger partial charge >= 0.3 is 0 Å². The number of nitrogens with one attached hydrogen (secondary N) is 1. The van der Waals surface area contributed by atoms with Crippen LogP contribution in [0.25, 0.3) is 0 Å². The van der Waals surface area contributed by atoms with E-state index in [1.54, 1.807) is 30.3 Å². The first-order valence-corrected chi connectivity index (χ1v) is 14.0. The largest absolute Gasteiger partial charge is 0.491 e. The van der Waals surface area contributed by atoms with Gasteiger partial charge in [-0.3, -0.25) is 4.72 Å². The number of hydrogen-bond acceptors (Lipinski definition) is 7. The molecule has 1 aliphatic rings. The van der Waals surface area contributed by atoms with Crippen LogP contribution < -0.4 is 14.2 Å². The third-order valence-electron chi connectivity index (χ3n) is 6.07. The number of fused-ring (bicyclic) bond motifs is 1. The minimum absolute atomic E-state index is 0.173. The molecule has 0 fully saturated rings. The lowest BCUT2D eigenvalue weighted by Gasteiger charge is -2.25. The molecular formula is C27H33ClN4O4S. The third-order valence-corrected chi connectivity index (χ3v) is 7.76. The first-order valence-electron chi connectivity index (χ1n) is 12.1. The number of likely N-dealkylation sites (N-methyl/N-ethyl adjacent to an activating group) is 2. The molecule has 4 rings (SSSR count). The summed E-state index contributed by atoms with van der Waals surface area (Å²) in [5, 5.41) is 0.519. The van der Waals surface area contributed by atoms with E-state index in [1.165, 1.54) is 0 Å². The Bertz CT molecular complexity index is 1350. The normalized spacial score (nSPS) is 13.9. The van der Waals surface area contributed by atoms with Crippen LogP contribution >= 0.6 is 11.6 Å². The molecule has 1 N–H and O–H groups in total. The van der Waals surface area contributed by atoms with E-state index in [1.807, 2.05) is 51.2 Å². The van der Waals surface area contributed by atoms with Crippen molar-refractivity contribution in [2.24, 2.45) is 0 Å². The SMILES string of the molecule is Cc1ccc(S(=O)(=O)Nc2cc3c(nc2OCc2ccc(Cl)c(OCCN(C)C)c2)CCN(C)C3)cc1. The fraction of sp³-hybridized carbons (Fsp3) is 0.370. The number of aryl methyl sites for hydroxylation is 1. The summed E-state index contributed by atoms with van der Waals surface area (Å²) in [4.78, 5) is 9.10. The average molecular weight is 545 g/mol. The summed E-state index contributed by atoms with van der Waals surface area (Å²) in [5.74, 6) is 0.815. The number of sulfonamides is 1. The van der Waals surface area contributed by atoms with E-state index in [-0.39, 0.29) is 17.4 Å². The second-order valence-corrected chi connectivity index (χ2v) is 11.6. The summed E-state index contributed by atoms with van der Waals surface area (Å²) in [6.45, 7) is 4.91. The molecule has 10 heteroatoms. The molecule has 8 nitrogen and oxygen atoms in total. The van der Waals surface area contributed by atoms with Crippen LogP contribution in [0.1, 0.15) is 22.4 Å². The Morgan fingerprint density at radius 1 is 1.11 bits per heavy atom. The van der Waals surface area contributed by atoms with Crippen LogP contribution in [0.2, 0.25) is 5.02 Å². The van der Waals surface area contributed by atoms with Crippen molar-refractivity contribution >= 4 is 27.3 Å². The lowest BCUT2D eigenvalue weighted by molar-refractivity contribution is 0.259. The van der Waals surface area contributed by atoms with Crippen molar-refractivity contribution in [2.45, 2.75) is 31.4 Å². The van der Waals surface area contributed by atoms with Crippen molar-refractivity contribution < 1.29 is 17.9 Å². The number of aromatic nitrogens is 1. The van der Waals surface area contributed by atoms with E-state index in [9.17, 15) is 8.42 Å². The monoisotopic (exact) mass is 544 g/mol. The van der Waals surface area contributed by atoms with Crippen LogP contribution in [0.15, 0.2) is 53.4 Å². The molecule has 2 aromatic carbocycles. The summed E-state index contributed by atoms with van der Waals surface area (Å²) in [6, 6.07) is 14.0. The predicted octanol–water partition coefficient (Wildman–Crippen LogP) is 4.35. The number of ether oxygens (including phenoxy) is 2. The molecule has 0 atom stereocenters. The highest BCUT2D eigenvalue weighted by molar-refractivity contribution is 7.92. The number of pyridine rings is 1. The van der Waals surface area contributed by atoms with Gasteiger partial charge in [-0.15, -0.1) is 0 Å². The Kier molecular flexibility index (Phi) is 8.59. The first kappa shape index (κ1) is 27.2. The molecule has 0 saturated carbocycles. The lowest BCUT2D eigenvalue weighted by Crippen LogP contribution is -2.28. The van der Waals surface area contributed by atoms with Gasteiger partial charge in [-0.05, 0) is 69.5 Å². The van der Waals surface area contributed by atoms with Crippen molar-refractivity contribution in [3.63, 3.8) is 0 Å². The second-order valence-electron chi connectivity index (χ2n) is 9.56. The van der Waals surface area contributed by atoms with Crippen molar-refractivity contribution in [3.05, 3.63) is 75.9 Å². The smallest absolute Gasteiger partial charge is 0.262 e. The van der Waals surface area contributed by atoms with Crippen LogP contribution in [0, 0.1) is 6.92 Å². The zero-order valence-electron chi connectivity index (χ0n) is 21.6. The van der Waals surface area contributed by atoms with Gasteiger partial charge in [0.25, 0.3) is 10.0 Å². The van der Waals surface area contributed by atoms with Gasteiger partial charge in [-0.1, -0.05) is 35.4 Å². The molecule has 3 aromatic rings. The van der Waals surface area contributed by atoms with Crippen molar-refractivity contribution in [1.29, 1.82) is 0 Å². The van der Waals surface area contributed by atoms with Gasteiger partial charge in [-0.25, -0.2) is 13.4 Å². The molecule has 1 aliphatic heterocycles. The van der Waals surface area contributed by atoms with Gasteiger partial charge in [-0.2, -0.15) is 0 Å². The summed E-state index contributed by atoms with van der Waals surface area (Å²) >= 11 is 6.31. The number of anilines is 1. The van der Waals surface area contributed by atoms with E-state index in [0.717, 1.165) is 41.9 Å². The minimum Gasteiger partial charge on any atom is -0.491 e. The second kappa shape index (κ2) is 11.7. The highest BCUT2D eigenvalue weighted by Crippen LogP contribution is 2.32. The maximum Gasteiger partial charge on any atom is 0.262 e. The molecule has 0 saturated heterocycles. The molecule has 2 heterocycles. The number of nitrogens with zero attached hydrogens (tertiary/aromatic N) is 3. The Balaban J connectivity index is 1.58. The molecule has 0 unspecified atom stereocenters. The number of hydrogen-bond donors (Lipinski definition) is 1. The summed E-state index contributed by atoms with van der Waals surface area (Å²) in [7, 11) is 2.15. The fourth-order valence-electron chi connectivity index (χ4n) is 3.94. The Morgan fingerprint density at radius 3 is 2.59 bits per heavy atom. The maximum atomic E-state index is 13.2. The molecular weight excluding hydrogens is 512 g/mol. The van der Waals surface area contributed by atoms with Crippen LogP contribution in [0.5, 0.6) is 11.6 Å². The van der Waals surface area contributed by atoms with Crippen LogP contribution in [0.3, 0.4) is 0 Å². The van der Waals surface area contributed by atoms with Crippen LogP contribution in [-0.2, 0) is 29.6 Å². The van der Waals surface area contributed by atoms with E-state index in [2.05, 4.69) is 9.62 Å². The fourth-order valence-corrected chi connectivity index (χ4v) is 5.16. The Hall–Kier alpha value is -2.85. The lowest BCUT2D eigenvalue weighted by atomic mass is 10.1. The molecule has 1 aromatic heterocycles. The molecule has 0 bridgehead atoms. The van der Waals surface area contributed by atoms with Crippen molar-refractivity contribution in [3.8, 4) is 11.6 Å². The van der Waals surface area contributed by atoms with Crippen molar-refractivity contribution in [1.82, 2.24) is 14.8 Å². The van der Waals surface area contributed by atoms with E-state index in [4.69, 9.17) is 26.1 Å². The van der Waals surface area contributed by atoms with Gasteiger partial charge in [0.2, 0.25) is 5.88 Å². The highest BCUT2D eigenvalue weighted by atomic mass is 35.5. The van der Waals surface area contributed by atoms with E-state index < -0.39 is 10.0 Å². The quantitative estimate of drug-likeness (QED) is 0.406. The number of halogens is 1. The van der Waals surface area contributed by atoms with Crippen LogP contribution in [0.4, 0.5) is 5.69 Å². The minimum atomic E-state index is -3.83. The van der Waals surface area contributed by atoms with E-state index >= 15 is 0 Å². The number of rotatable bonds is 10. The van der Waals surface area contributed by atoms with E-state index in [0.29, 0.717) is 29.6 Å². The standard InChI is InChI=1S/C27H33ClN4O4S/c1-19-5-8-22(9-6-19)37(33,34)30-25-16-21-17-32(4)12-11-24(21)29-27(25)36-18-20-7-10-23(28)26(15-20)35-14-13-31(2)3/h5-10,15-16,30H,11-14,17-18H2,1-4H3. The van der Waals surface area contributed by atoms with Gasteiger partial charge in [0.1, 0.15) is 24.7 Å². The zero-order valence-corrected chi connectivity index (χ0v) is 23.2. The Morgan fingerprint density at radius 2 is 1.86 bits per heavy atom. The molecule has 37 heavy (non-hydrogen) atoms. The molecule has 0 spiro atoms. The third kappa shape index (κ3) is 7.13. The number of benzene rings is 2. The van der Waals surface area contributed by atoms with Gasteiger partial charge in [0.05, 0.1) is 15.6 Å². The molecule has 0 amide bonds. The first-order chi connectivity index (χ1) is 17.6. The van der Waals surface area contributed by atoms with Crippen LogP contribution in [-0.4, -0.2) is 64.0 Å². The Labute approximate surface area is 224 Å². The predicted molar refractivity (Wildman–Crippen MR) is 146 cm³/mol. The maximum absolute atomic E-state index is 13.2. The van der Waals surface area contributed by atoms with Gasteiger partial charge in [0, 0.05) is 26.1 Å². The van der Waals surface area contributed by atoms with Gasteiger partial charge < -0.3 is 19.3 Å². The summed E-state index contributed by atoms with van der Waals surface area (Å²) < 4.78 is 41.0. The zero-order chi connectivity index (χ0) is 26.6. The molecule has 0 aliphatic carbocycles. The topological polar surface area (TPSA) is 84.0 Å². The molecule has 0 radical (unpaired) electrons. The van der Waals surface area contributed by atoms with Crippen molar-refractivity contribution in [2.75, 3.05) is 45.6 Å². The summed E-state index contributed by atoms with van der Waals surface area (Å²) in [6.07, 6.45) is 0.762. The molecule has 198 valence electrons. The van der Waals surface area contributed by atoms with Gasteiger partial charge in [0.15, 0.2) is 0 Å². The average Bonchev–Trinajstić information content (AvgIpc) is 2.84. The highest BCUT2D eigenvalue weighted by Gasteiger charge is 2.23.